The monoisotopic (exact) mass is 264 g/mol. The fourth-order valence-corrected chi connectivity index (χ4v) is 1.56. The summed E-state index contributed by atoms with van der Waals surface area (Å²) in [6.45, 7) is 3.94. The normalized spacial score (nSPS) is 10.7. The molecule has 0 radical (unpaired) electrons. The molecule has 0 aliphatic heterocycles. The van der Waals surface area contributed by atoms with E-state index in [-0.39, 0.29) is 17.6 Å². The maximum absolute atomic E-state index is 11.9. The van der Waals surface area contributed by atoms with E-state index in [9.17, 15) is 4.79 Å². The molecule has 0 bridgehead atoms. The highest BCUT2D eigenvalue weighted by atomic mass is 35.5. The Labute approximate surface area is 110 Å². The molecular formula is C12H13ClN4O. The molecule has 0 spiro atoms. The molecule has 2 aromatic rings. The number of halogens is 1. The Morgan fingerprint density at radius 3 is 2.72 bits per heavy atom. The number of aromatic amines is 1. The van der Waals surface area contributed by atoms with E-state index < -0.39 is 0 Å². The first-order valence-corrected chi connectivity index (χ1v) is 5.94. The Balaban J connectivity index is 2.15. The number of anilines is 1. The number of rotatable bonds is 3. The standard InChI is InChI=1S/C12H13ClN4O/c1-7(2)10-15-11(17-16-10)12(18)14-9-6-4-3-5-8(9)13/h3-7H,1-2H3,(H,14,18)(H,15,16,17). The molecule has 6 heteroatoms. The van der Waals surface area contributed by atoms with Crippen molar-refractivity contribution in [1.82, 2.24) is 15.2 Å². The number of nitrogens with zero attached hydrogens (tertiary/aromatic N) is 2. The highest BCUT2D eigenvalue weighted by Crippen LogP contribution is 2.20. The number of aromatic nitrogens is 3. The Kier molecular flexibility index (Phi) is 3.62. The molecule has 0 aliphatic rings. The number of amides is 1. The second-order valence-electron chi connectivity index (χ2n) is 4.13. The molecule has 0 aliphatic carbocycles. The topological polar surface area (TPSA) is 70.7 Å². The van der Waals surface area contributed by atoms with Crippen LogP contribution in [0.25, 0.3) is 0 Å². The van der Waals surface area contributed by atoms with Crippen LogP contribution in [0.3, 0.4) is 0 Å². The summed E-state index contributed by atoms with van der Waals surface area (Å²) in [7, 11) is 0. The fourth-order valence-electron chi connectivity index (χ4n) is 1.37. The summed E-state index contributed by atoms with van der Waals surface area (Å²) in [6, 6.07) is 7.01. The molecule has 0 atom stereocenters. The molecule has 1 amide bonds. The van der Waals surface area contributed by atoms with Gasteiger partial charge in [0.25, 0.3) is 5.91 Å². The third-order valence-electron chi connectivity index (χ3n) is 2.37. The maximum atomic E-state index is 11.9. The lowest BCUT2D eigenvalue weighted by Crippen LogP contribution is -2.14. The summed E-state index contributed by atoms with van der Waals surface area (Å²) in [5.41, 5.74) is 0.542. The molecule has 5 nitrogen and oxygen atoms in total. The van der Waals surface area contributed by atoms with Crippen molar-refractivity contribution in [1.29, 1.82) is 0 Å². The summed E-state index contributed by atoms with van der Waals surface area (Å²) in [4.78, 5) is 16.0. The number of hydrogen-bond acceptors (Lipinski definition) is 3. The summed E-state index contributed by atoms with van der Waals surface area (Å²) in [5.74, 6) is 0.601. The maximum Gasteiger partial charge on any atom is 0.295 e. The average Bonchev–Trinajstić information content (AvgIpc) is 2.81. The highest BCUT2D eigenvalue weighted by molar-refractivity contribution is 6.33. The lowest BCUT2D eigenvalue weighted by Gasteiger charge is -2.03. The lowest BCUT2D eigenvalue weighted by atomic mass is 10.2. The van der Waals surface area contributed by atoms with Crippen LogP contribution in [0.2, 0.25) is 5.02 Å². The van der Waals surface area contributed by atoms with Gasteiger partial charge in [-0.3, -0.25) is 9.89 Å². The fraction of sp³-hybridized carbons (Fsp3) is 0.250. The molecule has 0 saturated carbocycles. The van der Waals surface area contributed by atoms with Crippen LogP contribution in [0.1, 0.15) is 36.2 Å². The minimum Gasteiger partial charge on any atom is -0.318 e. The van der Waals surface area contributed by atoms with Crippen LogP contribution in [0.15, 0.2) is 24.3 Å². The molecule has 1 heterocycles. The van der Waals surface area contributed by atoms with Crippen molar-refractivity contribution < 1.29 is 4.79 Å². The molecule has 1 aromatic carbocycles. The molecule has 0 saturated heterocycles. The van der Waals surface area contributed by atoms with E-state index in [0.29, 0.717) is 16.5 Å². The average molecular weight is 265 g/mol. The number of carbonyl (C=O) groups is 1. The molecule has 0 unspecified atom stereocenters. The molecule has 2 N–H and O–H groups in total. The van der Waals surface area contributed by atoms with E-state index in [0.717, 1.165) is 0 Å². The summed E-state index contributed by atoms with van der Waals surface area (Å²) in [6.07, 6.45) is 0. The predicted octanol–water partition coefficient (Wildman–Crippen LogP) is 2.83. The lowest BCUT2D eigenvalue weighted by molar-refractivity contribution is 0.101. The van der Waals surface area contributed by atoms with E-state index >= 15 is 0 Å². The van der Waals surface area contributed by atoms with Gasteiger partial charge in [0.15, 0.2) is 0 Å². The van der Waals surface area contributed by atoms with Crippen LogP contribution in [0.5, 0.6) is 0 Å². The quantitative estimate of drug-likeness (QED) is 0.895. The van der Waals surface area contributed by atoms with Crippen molar-refractivity contribution in [3.8, 4) is 0 Å². The molecule has 2 rings (SSSR count). The van der Waals surface area contributed by atoms with Gasteiger partial charge in [0.1, 0.15) is 5.82 Å². The van der Waals surface area contributed by atoms with Crippen molar-refractivity contribution in [2.45, 2.75) is 19.8 Å². The smallest absolute Gasteiger partial charge is 0.295 e. The first-order chi connectivity index (χ1) is 8.58. The zero-order chi connectivity index (χ0) is 13.1. The van der Waals surface area contributed by atoms with Crippen molar-refractivity contribution in [3.05, 3.63) is 40.9 Å². The Morgan fingerprint density at radius 2 is 2.11 bits per heavy atom. The number of hydrogen-bond donors (Lipinski definition) is 2. The first kappa shape index (κ1) is 12.6. The molecule has 0 fully saturated rings. The van der Waals surface area contributed by atoms with E-state index in [4.69, 9.17) is 11.6 Å². The number of carbonyl (C=O) groups excluding carboxylic acids is 1. The van der Waals surface area contributed by atoms with Crippen LogP contribution >= 0.6 is 11.6 Å². The van der Waals surface area contributed by atoms with E-state index in [1.165, 1.54) is 0 Å². The molecular weight excluding hydrogens is 252 g/mol. The van der Waals surface area contributed by atoms with Gasteiger partial charge in [-0.05, 0) is 12.1 Å². The number of benzene rings is 1. The van der Waals surface area contributed by atoms with Crippen LogP contribution in [-0.4, -0.2) is 21.1 Å². The highest BCUT2D eigenvalue weighted by Gasteiger charge is 2.14. The zero-order valence-electron chi connectivity index (χ0n) is 10.1. The van der Waals surface area contributed by atoms with Gasteiger partial charge in [0.05, 0.1) is 10.7 Å². The predicted molar refractivity (Wildman–Crippen MR) is 69.9 cm³/mol. The number of H-pyrrole nitrogens is 1. The largest absolute Gasteiger partial charge is 0.318 e. The van der Waals surface area contributed by atoms with Gasteiger partial charge in [-0.2, -0.15) is 0 Å². The summed E-state index contributed by atoms with van der Waals surface area (Å²) >= 11 is 5.95. The second kappa shape index (κ2) is 5.18. The summed E-state index contributed by atoms with van der Waals surface area (Å²) < 4.78 is 0. The van der Waals surface area contributed by atoms with Crippen LogP contribution < -0.4 is 5.32 Å². The van der Waals surface area contributed by atoms with E-state index in [2.05, 4.69) is 20.5 Å². The summed E-state index contributed by atoms with van der Waals surface area (Å²) in [5, 5.41) is 9.74. The number of para-hydroxylation sites is 1. The van der Waals surface area contributed by atoms with E-state index in [1.54, 1.807) is 24.3 Å². The van der Waals surface area contributed by atoms with Crippen molar-refractivity contribution in [2.75, 3.05) is 5.32 Å². The molecule has 1 aromatic heterocycles. The minimum absolute atomic E-state index is 0.110. The van der Waals surface area contributed by atoms with Crippen molar-refractivity contribution >= 4 is 23.2 Å². The Bertz CT molecular complexity index is 565. The second-order valence-corrected chi connectivity index (χ2v) is 4.54. The molecule has 18 heavy (non-hydrogen) atoms. The van der Waals surface area contributed by atoms with Gasteiger partial charge in [-0.15, -0.1) is 5.10 Å². The van der Waals surface area contributed by atoms with Gasteiger partial charge in [0.2, 0.25) is 5.82 Å². The number of nitrogens with one attached hydrogen (secondary N) is 2. The van der Waals surface area contributed by atoms with Gasteiger partial charge in [-0.25, -0.2) is 4.98 Å². The van der Waals surface area contributed by atoms with Gasteiger partial charge >= 0.3 is 0 Å². The van der Waals surface area contributed by atoms with Gasteiger partial charge in [-0.1, -0.05) is 37.6 Å². The third-order valence-corrected chi connectivity index (χ3v) is 2.70. The van der Waals surface area contributed by atoms with Crippen LogP contribution in [0, 0.1) is 0 Å². The van der Waals surface area contributed by atoms with Crippen LogP contribution in [0.4, 0.5) is 5.69 Å². The van der Waals surface area contributed by atoms with Crippen molar-refractivity contribution in [2.24, 2.45) is 0 Å². The third kappa shape index (κ3) is 2.68. The van der Waals surface area contributed by atoms with Gasteiger partial charge < -0.3 is 5.32 Å². The Morgan fingerprint density at radius 1 is 1.39 bits per heavy atom. The molecule has 94 valence electrons. The van der Waals surface area contributed by atoms with Gasteiger partial charge in [0, 0.05) is 5.92 Å². The first-order valence-electron chi connectivity index (χ1n) is 5.56. The van der Waals surface area contributed by atoms with E-state index in [1.807, 2.05) is 13.8 Å². The SMILES string of the molecule is CC(C)c1nc(C(=O)Nc2ccccc2Cl)n[nH]1. The van der Waals surface area contributed by atoms with Crippen molar-refractivity contribution in [3.63, 3.8) is 0 Å². The van der Waals surface area contributed by atoms with Crippen LogP contribution in [-0.2, 0) is 0 Å². The Hall–Kier alpha value is -1.88. The zero-order valence-corrected chi connectivity index (χ0v) is 10.8. The minimum atomic E-state index is -0.383.